The molecule has 1 aliphatic heterocycles. The summed E-state index contributed by atoms with van der Waals surface area (Å²) < 4.78 is 63.6. The number of aromatic nitrogens is 2. The Kier molecular flexibility index (Phi) is 7.20. The molecule has 0 saturated heterocycles. The number of ether oxygens (including phenoxy) is 1. The molecule has 0 atom stereocenters. The van der Waals surface area contributed by atoms with Gasteiger partial charge in [-0.2, -0.15) is 18.3 Å². The lowest BCUT2D eigenvalue weighted by atomic mass is 9.98. The van der Waals surface area contributed by atoms with Crippen LogP contribution in [0.2, 0.25) is 0 Å². The van der Waals surface area contributed by atoms with E-state index in [2.05, 4.69) is 5.10 Å². The average Bonchev–Trinajstić information content (AvgIpc) is 3.23. The fraction of sp³-hybridized carbons (Fsp3) is 0.200. The Morgan fingerprint density at radius 2 is 1.75 bits per heavy atom. The minimum absolute atomic E-state index is 0.0487. The van der Waals surface area contributed by atoms with Crippen LogP contribution in [-0.4, -0.2) is 48.3 Å². The number of halogens is 4. The van der Waals surface area contributed by atoms with Crippen molar-refractivity contribution in [2.45, 2.75) is 12.7 Å². The molecule has 2 heterocycles. The lowest BCUT2D eigenvalue weighted by Gasteiger charge is -2.22. The third kappa shape index (κ3) is 5.10. The van der Waals surface area contributed by atoms with Gasteiger partial charge in [-0.25, -0.2) is 9.07 Å². The van der Waals surface area contributed by atoms with Crippen molar-refractivity contribution in [3.05, 3.63) is 101 Å². The van der Waals surface area contributed by atoms with Gasteiger partial charge < -0.3 is 14.5 Å². The standard InChI is InChI=1S/C30H26F4N4O2/c1-36(2)18-20-7-4-5-8-23(20)19-10-15-26(25(31)17-19)37-16-6-9-24-27(29(37)39)38(35-28(24)30(32,33)34)21-11-13-22(40-3)14-12-21/h4-15,17H,16,18H2,1-3H3. The number of anilines is 1. The Morgan fingerprint density at radius 1 is 1.02 bits per heavy atom. The molecular formula is C30H26F4N4O2. The molecule has 10 heteroatoms. The fourth-order valence-corrected chi connectivity index (χ4v) is 4.78. The first-order valence-corrected chi connectivity index (χ1v) is 12.4. The van der Waals surface area contributed by atoms with E-state index in [-0.39, 0.29) is 29.2 Å². The minimum atomic E-state index is -4.81. The van der Waals surface area contributed by atoms with E-state index in [1.807, 2.05) is 43.3 Å². The van der Waals surface area contributed by atoms with Crippen molar-refractivity contribution < 1.29 is 27.1 Å². The van der Waals surface area contributed by atoms with E-state index >= 15 is 4.39 Å². The highest BCUT2D eigenvalue weighted by Gasteiger charge is 2.41. The molecule has 0 radical (unpaired) electrons. The normalized spacial score (nSPS) is 13.5. The van der Waals surface area contributed by atoms with Crippen molar-refractivity contribution in [1.29, 1.82) is 0 Å². The average molecular weight is 551 g/mol. The zero-order chi connectivity index (χ0) is 28.6. The highest BCUT2D eigenvalue weighted by molar-refractivity contribution is 6.09. The van der Waals surface area contributed by atoms with Crippen LogP contribution in [0.3, 0.4) is 0 Å². The van der Waals surface area contributed by atoms with Gasteiger partial charge in [-0.1, -0.05) is 42.5 Å². The Morgan fingerprint density at radius 3 is 2.40 bits per heavy atom. The van der Waals surface area contributed by atoms with Crippen LogP contribution in [0.15, 0.2) is 72.8 Å². The smallest absolute Gasteiger partial charge is 0.435 e. The highest BCUT2D eigenvalue weighted by Crippen LogP contribution is 2.37. The Balaban J connectivity index is 1.58. The van der Waals surface area contributed by atoms with E-state index in [0.717, 1.165) is 20.7 Å². The van der Waals surface area contributed by atoms with E-state index in [9.17, 15) is 18.0 Å². The van der Waals surface area contributed by atoms with Crippen LogP contribution in [0.4, 0.5) is 23.2 Å². The molecule has 206 valence electrons. The van der Waals surface area contributed by atoms with Crippen LogP contribution in [0.1, 0.15) is 27.3 Å². The summed E-state index contributed by atoms with van der Waals surface area (Å²) >= 11 is 0. The molecule has 6 nitrogen and oxygen atoms in total. The number of methoxy groups -OCH3 is 1. The van der Waals surface area contributed by atoms with E-state index in [0.29, 0.717) is 17.9 Å². The third-order valence-electron chi connectivity index (χ3n) is 6.58. The summed E-state index contributed by atoms with van der Waals surface area (Å²) in [6.45, 7) is 0.523. The second-order valence-electron chi connectivity index (χ2n) is 9.60. The quantitative estimate of drug-likeness (QED) is 0.259. The SMILES string of the molecule is COc1ccc(-n2nc(C(F)(F)F)c3c2C(=O)N(c2ccc(-c4ccccc4CN(C)C)cc2F)CC=C3)cc1. The van der Waals surface area contributed by atoms with Gasteiger partial charge in [0.15, 0.2) is 5.69 Å². The first-order valence-electron chi connectivity index (χ1n) is 12.4. The van der Waals surface area contributed by atoms with E-state index in [1.54, 1.807) is 18.2 Å². The minimum Gasteiger partial charge on any atom is -0.497 e. The van der Waals surface area contributed by atoms with E-state index in [1.165, 1.54) is 43.5 Å². The molecule has 1 aliphatic rings. The summed E-state index contributed by atoms with van der Waals surface area (Å²) in [6, 6.07) is 18.3. The van der Waals surface area contributed by atoms with Gasteiger partial charge in [0.2, 0.25) is 0 Å². The number of carbonyl (C=O) groups is 1. The molecule has 4 aromatic rings. The summed E-state index contributed by atoms with van der Waals surface area (Å²) in [4.78, 5) is 17.0. The summed E-state index contributed by atoms with van der Waals surface area (Å²) in [6.07, 6.45) is -2.19. The number of rotatable bonds is 6. The van der Waals surface area contributed by atoms with Crippen molar-refractivity contribution in [2.75, 3.05) is 32.6 Å². The summed E-state index contributed by atoms with van der Waals surface area (Å²) in [5.41, 5.74) is 0.769. The van der Waals surface area contributed by atoms with Crippen molar-refractivity contribution in [3.63, 3.8) is 0 Å². The molecule has 40 heavy (non-hydrogen) atoms. The van der Waals surface area contributed by atoms with Crippen LogP contribution < -0.4 is 9.64 Å². The summed E-state index contributed by atoms with van der Waals surface area (Å²) in [5, 5.41) is 3.77. The predicted octanol–water partition coefficient (Wildman–Crippen LogP) is 6.44. The second kappa shape index (κ2) is 10.6. The largest absolute Gasteiger partial charge is 0.497 e. The van der Waals surface area contributed by atoms with Crippen LogP contribution in [-0.2, 0) is 12.7 Å². The maximum absolute atomic E-state index is 15.7. The van der Waals surface area contributed by atoms with Gasteiger partial charge in [-0.15, -0.1) is 0 Å². The van der Waals surface area contributed by atoms with Gasteiger partial charge in [-0.3, -0.25) is 4.79 Å². The molecule has 1 amide bonds. The lowest BCUT2D eigenvalue weighted by Crippen LogP contribution is -2.33. The molecule has 0 bridgehead atoms. The fourth-order valence-electron chi connectivity index (χ4n) is 4.78. The molecular weight excluding hydrogens is 524 g/mol. The third-order valence-corrected chi connectivity index (χ3v) is 6.58. The highest BCUT2D eigenvalue weighted by atomic mass is 19.4. The number of fused-ring (bicyclic) bond motifs is 1. The number of nitrogens with zero attached hydrogens (tertiary/aromatic N) is 4. The molecule has 0 aliphatic carbocycles. The molecule has 0 unspecified atom stereocenters. The Hall–Kier alpha value is -4.44. The van der Waals surface area contributed by atoms with Crippen molar-refractivity contribution in [2.24, 2.45) is 0 Å². The second-order valence-corrected chi connectivity index (χ2v) is 9.60. The summed E-state index contributed by atoms with van der Waals surface area (Å²) in [7, 11) is 5.34. The molecule has 3 aromatic carbocycles. The monoisotopic (exact) mass is 550 g/mol. The zero-order valence-corrected chi connectivity index (χ0v) is 22.0. The number of alkyl halides is 3. The Bertz CT molecular complexity index is 1590. The maximum atomic E-state index is 15.7. The van der Waals surface area contributed by atoms with Gasteiger partial charge >= 0.3 is 6.18 Å². The molecule has 1 aromatic heterocycles. The molecule has 5 rings (SSSR count). The van der Waals surface area contributed by atoms with Gasteiger partial charge in [0.25, 0.3) is 5.91 Å². The zero-order valence-electron chi connectivity index (χ0n) is 22.0. The number of carbonyl (C=O) groups excluding carboxylic acids is 1. The molecule has 0 saturated carbocycles. The first kappa shape index (κ1) is 27.1. The number of hydrogen-bond acceptors (Lipinski definition) is 4. The van der Waals surface area contributed by atoms with E-state index < -0.39 is 23.6 Å². The van der Waals surface area contributed by atoms with Gasteiger partial charge in [-0.05, 0) is 67.2 Å². The van der Waals surface area contributed by atoms with Crippen LogP contribution in [0, 0.1) is 5.82 Å². The van der Waals surface area contributed by atoms with Gasteiger partial charge in [0.1, 0.15) is 17.3 Å². The molecule has 0 fully saturated rings. The summed E-state index contributed by atoms with van der Waals surface area (Å²) in [5.74, 6) is -0.993. The van der Waals surface area contributed by atoms with Crippen molar-refractivity contribution in [3.8, 4) is 22.6 Å². The number of hydrogen-bond donors (Lipinski definition) is 0. The first-order chi connectivity index (χ1) is 19.1. The Labute approximate surface area is 228 Å². The molecule has 0 spiro atoms. The van der Waals surface area contributed by atoms with Crippen LogP contribution in [0.5, 0.6) is 5.75 Å². The van der Waals surface area contributed by atoms with Crippen LogP contribution in [0.25, 0.3) is 22.9 Å². The predicted molar refractivity (Wildman–Crippen MR) is 145 cm³/mol. The van der Waals surface area contributed by atoms with Gasteiger partial charge in [0.05, 0.1) is 18.5 Å². The van der Waals surface area contributed by atoms with Crippen LogP contribution >= 0.6 is 0 Å². The van der Waals surface area contributed by atoms with Crippen molar-refractivity contribution >= 4 is 17.7 Å². The molecule has 0 N–H and O–H groups in total. The van der Waals surface area contributed by atoms with Crippen molar-refractivity contribution in [1.82, 2.24) is 14.7 Å². The maximum Gasteiger partial charge on any atom is 0.435 e. The number of benzene rings is 3. The van der Waals surface area contributed by atoms with E-state index in [4.69, 9.17) is 4.74 Å². The topological polar surface area (TPSA) is 50.6 Å². The van der Waals surface area contributed by atoms with Gasteiger partial charge in [0, 0.05) is 18.7 Å². The lowest BCUT2D eigenvalue weighted by molar-refractivity contribution is -0.141. The number of amides is 1.